The van der Waals surface area contributed by atoms with Crippen molar-refractivity contribution in [3.63, 3.8) is 0 Å². The molecule has 2 heteroatoms. The van der Waals surface area contributed by atoms with E-state index in [1.807, 2.05) is 0 Å². The van der Waals surface area contributed by atoms with Crippen LogP contribution < -0.4 is 4.90 Å². The minimum atomic E-state index is 0.863. The molecule has 0 aliphatic carbocycles. The standard InChI is InChI=1S/C46H31NO/c1-4-12-32(13-5-1)34-20-22-36(23-21-34)42-30-41(31-45-46(42)43-28-37-16-10-11-17-38(37)29-44(43)48-45)47(39-18-8-3-9-19-39)40-26-24-35(25-27-40)33-14-6-2-7-15-33/h1-31H. The lowest BCUT2D eigenvalue weighted by Gasteiger charge is -2.26. The third-order valence-electron chi connectivity index (χ3n) is 9.23. The van der Waals surface area contributed by atoms with E-state index in [1.54, 1.807) is 0 Å². The van der Waals surface area contributed by atoms with Gasteiger partial charge in [-0.05, 0) is 86.6 Å². The number of para-hydroxylation sites is 1. The molecule has 0 saturated carbocycles. The number of furan rings is 1. The van der Waals surface area contributed by atoms with Gasteiger partial charge in [0.25, 0.3) is 0 Å². The zero-order chi connectivity index (χ0) is 31.9. The lowest BCUT2D eigenvalue weighted by molar-refractivity contribution is 0.669. The second kappa shape index (κ2) is 11.8. The Morgan fingerprint density at radius 3 is 1.44 bits per heavy atom. The molecule has 0 unspecified atom stereocenters. The fraction of sp³-hybridized carbons (Fsp3) is 0. The first-order valence-corrected chi connectivity index (χ1v) is 16.3. The molecule has 226 valence electrons. The summed E-state index contributed by atoms with van der Waals surface area (Å²) in [6, 6.07) is 66.8. The topological polar surface area (TPSA) is 16.4 Å². The van der Waals surface area contributed by atoms with E-state index in [2.05, 4.69) is 193 Å². The number of hydrogen-bond acceptors (Lipinski definition) is 2. The Morgan fingerprint density at radius 2 is 0.812 bits per heavy atom. The van der Waals surface area contributed by atoms with E-state index in [9.17, 15) is 0 Å². The summed E-state index contributed by atoms with van der Waals surface area (Å²) in [4.78, 5) is 2.32. The van der Waals surface area contributed by atoms with Gasteiger partial charge >= 0.3 is 0 Å². The van der Waals surface area contributed by atoms with Crippen LogP contribution >= 0.6 is 0 Å². The van der Waals surface area contributed by atoms with Crippen LogP contribution in [0.25, 0.3) is 66.1 Å². The van der Waals surface area contributed by atoms with E-state index in [-0.39, 0.29) is 0 Å². The van der Waals surface area contributed by atoms with E-state index in [0.717, 1.165) is 50.1 Å². The zero-order valence-corrected chi connectivity index (χ0v) is 26.3. The van der Waals surface area contributed by atoms with Crippen molar-refractivity contribution in [3.8, 4) is 33.4 Å². The first-order valence-electron chi connectivity index (χ1n) is 16.3. The highest BCUT2D eigenvalue weighted by Crippen LogP contribution is 2.44. The smallest absolute Gasteiger partial charge is 0.138 e. The molecule has 48 heavy (non-hydrogen) atoms. The van der Waals surface area contributed by atoms with Gasteiger partial charge in [-0.1, -0.05) is 140 Å². The van der Waals surface area contributed by atoms with Crippen molar-refractivity contribution in [1.29, 1.82) is 0 Å². The van der Waals surface area contributed by atoms with Gasteiger partial charge in [0.15, 0.2) is 0 Å². The lowest BCUT2D eigenvalue weighted by atomic mass is 9.95. The predicted molar refractivity (Wildman–Crippen MR) is 202 cm³/mol. The van der Waals surface area contributed by atoms with Crippen LogP contribution in [0.3, 0.4) is 0 Å². The molecule has 8 aromatic carbocycles. The predicted octanol–water partition coefficient (Wildman–Crippen LogP) is 13.2. The van der Waals surface area contributed by atoms with E-state index in [0.29, 0.717) is 0 Å². The number of fused-ring (bicyclic) bond motifs is 4. The maximum atomic E-state index is 6.73. The number of rotatable bonds is 6. The number of hydrogen-bond donors (Lipinski definition) is 0. The number of benzene rings is 8. The average Bonchev–Trinajstić information content (AvgIpc) is 3.52. The number of anilines is 3. The fourth-order valence-electron chi connectivity index (χ4n) is 6.86. The van der Waals surface area contributed by atoms with Crippen molar-refractivity contribution in [3.05, 3.63) is 188 Å². The van der Waals surface area contributed by atoms with Gasteiger partial charge < -0.3 is 9.32 Å². The SMILES string of the molecule is c1ccc(-c2ccc(-c3cc(N(c4ccccc4)c4ccc(-c5ccccc5)cc4)cc4oc5cc6ccccc6cc5c34)cc2)cc1. The van der Waals surface area contributed by atoms with Gasteiger partial charge in [0, 0.05) is 28.2 Å². The van der Waals surface area contributed by atoms with Crippen molar-refractivity contribution in [2.24, 2.45) is 0 Å². The Kier molecular flexibility index (Phi) is 6.84. The normalized spacial score (nSPS) is 11.3. The molecule has 0 saturated heterocycles. The van der Waals surface area contributed by atoms with Crippen LogP contribution in [-0.4, -0.2) is 0 Å². The molecule has 0 aliphatic rings. The molecule has 0 amide bonds. The van der Waals surface area contributed by atoms with E-state index in [1.165, 1.54) is 33.0 Å². The highest BCUT2D eigenvalue weighted by Gasteiger charge is 2.20. The van der Waals surface area contributed by atoms with Crippen LogP contribution in [0.1, 0.15) is 0 Å². The van der Waals surface area contributed by atoms with Crippen LogP contribution in [0.4, 0.5) is 17.1 Å². The third-order valence-corrected chi connectivity index (χ3v) is 9.23. The molecule has 0 spiro atoms. The zero-order valence-electron chi connectivity index (χ0n) is 26.3. The Morgan fingerprint density at radius 1 is 0.333 bits per heavy atom. The van der Waals surface area contributed by atoms with Gasteiger partial charge in [-0.15, -0.1) is 0 Å². The third kappa shape index (κ3) is 5.01. The second-order valence-electron chi connectivity index (χ2n) is 12.2. The molecule has 1 aromatic heterocycles. The van der Waals surface area contributed by atoms with Gasteiger partial charge in [0.05, 0.1) is 5.69 Å². The molecule has 0 bridgehead atoms. The first kappa shape index (κ1) is 27.9. The molecule has 0 atom stereocenters. The molecule has 0 aliphatic heterocycles. The van der Waals surface area contributed by atoms with E-state index in [4.69, 9.17) is 4.42 Å². The summed E-state index contributed by atoms with van der Waals surface area (Å²) in [6.07, 6.45) is 0. The summed E-state index contributed by atoms with van der Waals surface area (Å²) in [5, 5.41) is 4.62. The summed E-state index contributed by atoms with van der Waals surface area (Å²) in [5.41, 5.74) is 12.0. The summed E-state index contributed by atoms with van der Waals surface area (Å²) < 4.78 is 6.73. The van der Waals surface area contributed by atoms with E-state index >= 15 is 0 Å². The second-order valence-corrected chi connectivity index (χ2v) is 12.2. The molecule has 9 rings (SSSR count). The molecule has 9 aromatic rings. The van der Waals surface area contributed by atoms with Crippen LogP contribution in [0.2, 0.25) is 0 Å². The van der Waals surface area contributed by atoms with Gasteiger partial charge in [-0.25, -0.2) is 0 Å². The Labute approximate surface area is 279 Å². The monoisotopic (exact) mass is 613 g/mol. The van der Waals surface area contributed by atoms with Crippen LogP contribution in [0.5, 0.6) is 0 Å². The first-order chi connectivity index (χ1) is 23.8. The van der Waals surface area contributed by atoms with Crippen molar-refractivity contribution < 1.29 is 4.42 Å². The van der Waals surface area contributed by atoms with E-state index < -0.39 is 0 Å². The van der Waals surface area contributed by atoms with Crippen molar-refractivity contribution in [2.45, 2.75) is 0 Å². The molecular weight excluding hydrogens is 583 g/mol. The Balaban J connectivity index is 1.26. The largest absolute Gasteiger partial charge is 0.456 e. The molecular formula is C46H31NO. The van der Waals surface area contributed by atoms with Crippen molar-refractivity contribution in [2.75, 3.05) is 4.90 Å². The molecule has 0 N–H and O–H groups in total. The fourth-order valence-corrected chi connectivity index (χ4v) is 6.86. The minimum absolute atomic E-state index is 0.863. The maximum absolute atomic E-state index is 6.73. The lowest BCUT2D eigenvalue weighted by Crippen LogP contribution is -2.10. The van der Waals surface area contributed by atoms with Gasteiger partial charge in [-0.2, -0.15) is 0 Å². The summed E-state index contributed by atoms with van der Waals surface area (Å²) >= 11 is 0. The molecule has 1 heterocycles. The summed E-state index contributed by atoms with van der Waals surface area (Å²) in [5.74, 6) is 0. The summed E-state index contributed by atoms with van der Waals surface area (Å²) in [7, 11) is 0. The van der Waals surface area contributed by atoms with Gasteiger partial charge in [-0.3, -0.25) is 0 Å². The van der Waals surface area contributed by atoms with Crippen LogP contribution in [0.15, 0.2) is 192 Å². The van der Waals surface area contributed by atoms with Crippen molar-refractivity contribution >= 4 is 49.8 Å². The Bertz CT molecular complexity index is 2520. The molecule has 2 nitrogen and oxygen atoms in total. The highest BCUT2D eigenvalue weighted by molar-refractivity contribution is 6.16. The van der Waals surface area contributed by atoms with Crippen LogP contribution in [-0.2, 0) is 0 Å². The molecule has 0 radical (unpaired) electrons. The molecule has 0 fully saturated rings. The highest BCUT2D eigenvalue weighted by atomic mass is 16.3. The minimum Gasteiger partial charge on any atom is -0.456 e. The quantitative estimate of drug-likeness (QED) is 0.185. The summed E-state index contributed by atoms with van der Waals surface area (Å²) in [6.45, 7) is 0. The number of nitrogens with zero attached hydrogens (tertiary/aromatic N) is 1. The maximum Gasteiger partial charge on any atom is 0.138 e. The Hall–Kier alpha value is -6.38. The average molecular weight is 614 g/mol. The van der Waals surface area contributed by atoms with Crippen LogP contribution in [0, 0.1) is 0 Å². The van der Waals surface area contributed by atoms with Gasteiger partial charge in [0.2, 0.25) is 0 Å². The van der Waals surface area contributed by atoms with Crippen molar-refractivity contribution in [1.82, 2.24) is 0 Å². The van der Waals surface area contributed by atoms with Gasteiger partial charge in [0.1, 0.15) is 11.2 Å².